The number of ketones is 1. The van der Waals surface area contributed by atoms with Crippen molar-refractivity contribution in [3.8, 4) is 0 Å². The summed E-state index contributed by atoms with van der Waals surface area (Å²) in [5, 5.41) is 13.0. The highest BCUT2D eigenvalue weighted by Gasteiger charge is 2.40. The maximum absolute atomic E-state index is 13.5. The van der Waals surface area contributed by atoms with Crippen molar-refractivity contribution in [3.05, 3.63) is 71.9 Å². The molecule has 1 heterocycles. The van der Waals surface area contributed by atoms with Crippen molar-refractivity contribution in [1.82, 2.24) is 15.2 Å². The van der Waals surface area contributed by atoms with Crippen molar-refractivity contribution < 1.29 is 24.3 Å². The van der Waals surface area contributed by atoms with Gasteiger partial charge < -0.3 is 20.3 Å². The Morgan fingerprint density at radius 3 is 2.37 bits per heavy atom. The van der Waals surface area contributed by atoms with Gasteiger partial charge in [0.2, 0.25) is 5.91 Å². The SMILES string of the molecule is O=C(O)CN(C(=O)C(=O)c1c[nH]c2ccccc12)C(C(=O)NCc1ccccc1)C1CCCCC1. The number of aromatic amines is 1. The van der Waals surface area contributed by atoms with Crippen LogP contribution < -0.4 is 5.32 Å². The summed E-state index contributed by atoms with van der Waals surface area (Å²) in [5.74, 6) is -3.76. The summed E-state index contributed by atoms with van der Waals surface area (Å²) in [6.45, 7) is -0.485. The van der Waals surface area contributed by atoms with Gasteiger partial charge in [-0.2, -0.15) is 0 Å². The first kappa shape index (κ1) is 24.2. The van der Waals surface area contributed by atoms with Crippen LogP contribution in [-0.4, -0.2) is 51.1 Å². The maximum Gasteiger partial charge on any atom is 0.323 e. The van der Waals surface area contributed by atoms with E-state index in [0.29, 0.717) is 23.7 Å². The van der Waals surface area contributed by atoms with Gasteiger partial charge in [0.1, 0.15) is 12.6 Å². The van der Waals surface area contributed by atoms with E-state index in [1.54, 1.807) is 18.2 Å². The Morgan fingerprint density at radius 1 is 0.971 bits per heavy atom. The molecule has 4 rings (SSSR count). The van der Waals surface area contributed by atoms with Gasteiger partial charge in [-0.05, 0) is 30.4 Å². The zero-order valence-corrected chi connectivity index (χ0v) is 19.4. The van der Waals surface area contributed by atoms with Gasteiger partial charge in [-0.15, -0.1) is 0 Å². The molecule has 0 radical (unpaired) electrons. The highest BCUT2D eigenvalue weighted by atomic mass is 16.4. The van der Waals surface area contributed by atoms with Crippen molar-refractivity contribution in [2.75, 3.05) is 6.54 Å². The molecule has 1 fully saturated rings. The lowest BCUT2D eigenvalue weighted by molar-refractivity contribution is -0.148. The monoisotopic (exact) mass is 475 g/mol. The fourth-order valence-corrected chi connectivity index (χ4v) is 4.90. The summed E-state index contributed by atoms with van der Waals surface area (Å²) in [5.41, 5.74) is 1.74. The van der Waals surface area contributed by atoms with E-state index in [0.717, 1.165) is 29.7 Å². The Labute approximate surface area is 203 Å². The largest absolute Gasteiger partial charge is 0.480 e. The number of rotatable bonds is 9. The average Bonchev–Trinajstić information content (AvgIpc) is 3.31. The molecule has 3 N–H and O–H groups in total. The highest BCUT2D eigenvalue weighted by Crippen LogP contribution is 2.30. The van der Waals surface area contributed by atoms with Gasteiger partial charge in [-0.3, -0.25) is 19.2 Å². The third-order valence-corrected chi connectivity index (χ3v) is 6.60. The number of hydrogen-bond acceptors (Lipinski definition) is 4. The molecule has 2 amide bonds. The van der Waals surface area contributed by atoms with E-state index in [1.807, 2.05) is 36.4 Å². The van der Waals surface area contributed by atoms with E-state index in [-0.39, 0.29) is 18.0 Å². The van der Waals surface area contributed by atoms with E-state index in [9.17, 15) is 24.3 Å². The summed E-state index contributed by atoms with van der Waals surface area (Å²) >= 11 is 0. The second-order valence-corrected chi connectivity index (χ2v) is 8.95. The van der Waals surface area contributed by atoms with Gasteiger partial charge in [0.15, 0.2) is 0 Å². The van der Waals surface area contributed by atoms with Crippen LogP contribution in [0.4, 0.5) is 0 Å². The zero-order chi connectivity index (χ0) is 24.8. The zero-order valence-electron chi connectivity index (χ0n) is 19.4. The molecule has 1 aliphatic carbocycles. The number of carbonyl (C=O) groups excluding carboxylic acids is 3. The average molecular weight is 476 g/mol. The molecule has 35 heavy (non-hydrogen) atoms. The number of nitrogens with one attached hydrogen (secondary N) is 2. The fourth-order valence-electron chi connectivity index (χ4n) is 4.90. The van der Waals surface area contributed by atoms with Crippen LogP contribution in [0.15, 0.2) is 60.8 Å². The van der Waals surface area contributed by atoms with Crippen LogP contribution in [0.2, 0.25) is 0 Å². The van der Waals surface area contributed by atoms with Crippen LogP contribution in [0.25, 0.3) is 10.9 Å². The molecule has 1 saturated carbocycles. The fraction of sp³-hybridized carbons (Fsp3) is 0.333. The summed E-state index contributed by atoms with van der Waals surface area (Å²) in [6.07, 6.45) is 5.63. The predicted octanol–water partition coefficient (Wildman–Crippen LogP) is 3.53. The number of carboxylic acids is 1. The molecule has 1 aliphatic rings. The number of carboxylic acid groups (broad SMARTS) is 1. The molecular weight excluding hydrogens is 446 g/mol. The van der Waals surface area contributed by atoms with Crippen LogP contribution >= 0.6 is 0 Å². The third-order valence-electron chi connectivity index (χ3n) is 6.60. The van der Waals surface area contributed by atoms with Gasteiger partial charge in [-0.1, -0.05) is 67.8 Å². The predicted molar refractivity (Wildman–Crippen MR) is 131 cm³/mol. The van der Waals surface area contributed by atoms with Crippen molar-refractivity contribution in [2.45, 2.75) is 44.7 Å². The Bertz CT molecular complexity index is 1210. The number of nitrogens with zero attached hydrogens (tertiary/aromatic N) is 1. The topological polar surface area (TPSA) is 120 Å². The Hall–Kier alpha value is -3.94. The molecule has 3 aromatic rings. The van der Waals surface area contributed by atoms with Crippen molar-refractivity contribution in [3.63, 3.8) is 0 Å². The van der Waals surface area contributed by atoms with Gasteiger partial charge >= 0.3 is 5.97 Å². The number of amides is 2. The maximum atomic E-state index is 13.5. The number of carbonyl (C=O) groups is 4. The molecule has 8 nitrogen and oxygen atoms in total. The molecule has 2 aromatic carbocycles. The van der Waals surface area contributed by atoms with Gasteiger partial charge in [-0.25, -0.2) is 0 Å². The molecule has 8 heteroatoms. The first-order chi connectivity index (χ1) is 17.0. The molecule has 1 atom stereocenters. The Morgan fingerprint density at radius 2 is 1.66 bits per heavy atom. The quantitative estimate of drug-likeness (QED) is 0.323. The normalized spacial score (nSPS) is 14.9. The Balaban J connectivity index is 1.64. The number of fused-ring (bicyclic) bond motifs is 1. The molecule has 0 saturated heterocycles. The first-order valence-corrected chi connectivity index (χ1v) is 11.9. The second-order valence-electron chi connectivity index (χ2n) is 8.95. The van der Waals surface area contributed by atoms with Crippen molar-refractivity contribution in [2.24, 2.45) is 5.92 Å². The molecule has 0 spiro atoms. The number of aromatic nitrogens is 1. The summed E-state index contributed by atoms with van der Waals surface area (Å²) < 4.78 is 0. The highest BCUT2D eigenvalue weighted by molar-refractivity contribution is 6.45. The first-order valence-electron chi connectivity index (χ1n) is 11.9. The molecule has 0 aliphatic heterocycles. The minimum atomic E-state index is -1.28. The molecule has 1 aromatic heterocycles. The number of para-hydroxylation sites is 1. The summed E-state index contributed by atoms with van der Waals surface area (Å²) in [7, 11) is 0. The summed E-state index contributed by atoms with van der Waals surface area (Å²) in [6, 6.07) is 15.4. The number of Topliss-reactive ketones (excluding diaryl/α,β-unsaturated/α-hetero) is 1. The minimum Gasteiger partial charge on any atom is -0.480 e. The van der Waals surface area contributed by atoms with E-state index in [1.165, 1.54) is 6.20 Å². The van der Waals surface area contributed by atoms with Crippen molar-refractivity contribution in [1.29, 1.82) is 0 Å². The van der Waals surface area contributed by atoms with Crippen LogP contribution in [0.1, 0.15) is 48.0 Å². The van der Waals surface area contributed by atoms with E-state index in [4.69, 9.17) is 0 Å². The van der Waals surface area contributed by atoms with Crippen molar-refractivity contribution >= 4 is 34.5 Å². The van der Waals surface area contributed by atoms with Crippen LogP contribution in [0.3, 0.4) is 0 Å². The van der Waals surface area contributed by atoms with Crippen LogP contribution in [0, 0.1) is 5.92 Å². The number of H-pyrrole nitrogens is 1. The molecule has 1 unspecified atom stereocenters. The molecule has 0 bridgehead atoms. The standard InChI is InChI=1S/C27H29N3O5/c31-23(32)17-30(27(35)25(33)21-16-28-22-14-8-7-13-20(21)22)24(19-11-5-2-6-12-19)26(34)29-15-18-9-3-1-4-10-18/h1,3-4,7-10,13-14,16,19,24,28H,2,5-6,11-12,15,17H2,(H,29,34)(H,31,32). The van der Waals surface area contributed by atoms with E-state index in [2.05, 4.69) is 10.3 Å². The molecular formula is C27H29N3O5. The second kappa shape index (κ2) is 11.0. The smallest absolute Gasteiger partial charge is 0.323 e. The lowest BCUT2D eigenvalue weighted by Crippen LogP contribution is -2.56. The number of hydrogen-bond donors (Lipinski definition) is 3. The lowest BCUT2D eigenvalue weighted by Gasteiger charge is -2.36. The van der Waals surface area contributed by atoms with Gasteiger partial charge in [0, 0.05) is 23.6 Å². The van der Waals surface area contributed by atoms with Crippen LogP contribution in [-0.2, 0) is 20.9 Å². The third kappa shape index (κ3) is 5.59. The number of benzene rings is 2. The Kier molecular flexibility index (Phi) is 7.60. The van der Waals surface area contributed by atoms with E-state index >= 15 is 0 Å². The number of aliphatic carboxylic acids is 1. The van der Waals surface area contributed by atoms with Crippen LogP contribution in [0.5, 0.6) is 0 Å². The summed E-state index contributed by atoms with van der Waals surface area (Å²) in [4.78, 5) is 56.0. The van der Waals surface area contributed by atoms with E-state index < -0.39 is 36.2 Å². The minimum absolute atomic E-state index is 0.160. The molecule has 182 valence electrons. The lowest BCUT2D eigenvalue weighted by atomic mass is 9.82. The van der Waals surface area contributed by atoms with Gasteiger partial charge in [0.05, 0.1) is 5.56 Å². The van der Waals surface area contributed by atoms with Gasteiger partial charge in [0.25, 0.3) is 11.7 Å².